The van der Waals surface area contributed by atoms with E-state index in [2.05, 4.69) is 0 Å². The van der Waals surface area contributed by atoms with Gasteiger partial charge in [-0.1, -0.05) is 18.2 Å². The van der Waals surface area contributed by atoms with Gasteiger partial charge in [0, 0.05) is 0 Å². The monoisotopic (exact) mass is 205 g/mol. The van der Waals surface area contributed by atoms with Crippen molar-refractivity contribution in [1.29, 1.82) is 0 Å². The standard InChI is InChI=1S/C9H7F3O2/c10-9(11,12)7-4-2-1-3-6(7)5-8(13)14/h1-4H,5H2,(H,13,14)/i3D. The maximum Gasteiger partial charge on any atom is 0.416 e. The largest absolute Gasteiger partial charge is 0.481 e. The summed E-state index contributed by atoms with van der Waals surface area (Å²) in [6.07, 6.45) is -5.42. The van der Waals surface area contributed by atoms with E-state index in [1.807, 2.05) is 0 Å². The average molecular weight is 205 g/mol. The van der Waals surface area contributed by atoms with Gasteiger partial charge in [0.05, 0.1) is 13.4 Å². The van der Waals surface area contributed by atoms with Crippen molar-refractivity contribution in [3.63, 3.8) is 0 Å². The van der Waals surface area contributed by atoms with E-state index in [0.29, 0.717) is 0 Å². The van der Waals surface area contributed by atoms with Crippen molar-refractivity contribution in [2.75, 3.05) is 0 Å². The number of carboxylic acids is 1. The Kier molecular flexibility index (Phi) is 2.39. The molecule has 1 aromatic rings. The Morgan fingerprint density at radius 1 is 1.50 bits per heavy atom. The maximum atomic E-state index is 12.4. The third kappa shape index (κ3) is 2.48. The molecule has 14 heavy (non-hydrogen) atoms. The molecule has 0 aliphatic rings. The predicted molar refractivity (Wildman–Crippen MR) is 42.8 cm³/mol. The van der Waals surface area contributed by atoms with Crippen molar-refractivity contribution in [3.8, 4) is 0 Å². The van der Waals surface area contributed by atoms with E-state index >= 15 is 0 Å². The predicted octanol–water partition coefficient (Wildman–Crippen LogP) is 2.33. The number of carboxylic acid groups (broad SMARTS) is 1. The van der Waals surface area contributed by atoms with Crippen LogP contribution in [-0.2, 0) is 17.4 Å². The zero-order chi connectivity index (χ0) is 11.6. The summed E-state index contributed by atoms with van der Waals surface area (Å²) < 4.78 is 44.4. The summed E-state index contributed by atoms with van der Waals surface area (Å²) in [5.74, 6) is -1.39. The van der Waals surface area contributed by atoms with E-state index in [0.717, 1.165) is 18.2 Å². The molecule has 1 N–H and O–H groups in total. The minimum atomic E-state index is -4.62. The van der Waals surface area contributed by atoms with Crippen LogP contribution in [0.5, 0.6) is 0 Å². The first-order chi connectivity index (χ1) is 6.82. The fraction of sp³-hybridized carbons (Fsp3) is 0.222. The number of benzene rings is 1. The van der Waals surface area contributed by atoms with Gasteiger partial charge >= 0.3 is 12.1 Å². The van der Waals surface area contributed by atoms with E-state index in [1.54, 1.807) is 0 Å². The first kappa shape index (κ1) is 9.05. The lowest BCUT2D eigenvalue weighted by Gasteiger charge is -2.10. The number of aliphatic carboxylic acids is 1. The van der Waals surface area contributed by atoms with Crippen molar-refractivity contribution >= 4 is 5.97 Å². The lowest BCUT2D eigenvalue weighted by atomic mass is 10.0. The minimum Gasteiger partial charge on any atom is -0.481 e. The highest BCUT2D eigenvalue weighted by Gasteiger charge is 2.33. The third-order valence-corrected chi connectivity index (χ3v) is 1.58. The molecule has 0 spiro atoms. The second-order valence-corrected chi connectivity index (χ2v) is 2.63. The molecule has 1 rings (SSSR count). The molecule has 0 aliphatic carbocycles. The fourth-order valence-electron chi connectivity index (χ4n) is 1.03. The number of alkyl halides is 3. The summed E-state index contributed by atoms with van der Waals surface area (Å²) in [5, 5.41) is 8.43. The van der Waals surface area contributed by atoms with Crippen molar-refractivity contribution in [3.05, 3.63) is 35.4 Å². The van der Waals surface area contributed by atoms with E-state index < -0.39 is 35.7 Å². The van der Waals surface area contributed by atoms with Crippen molar-refractivity contribution in [2.24, 2.45) is 0 Å². The molecule has 2 nitrogen and oxygen atoms in total. The van der Waals surface area contributed by atoms with E-state index in [9.17, 15) is 18.0 Å². The summed E-state index contributed by atoms with van der Waals surface area (Å²) in [6.45, 7) is 0. The second kappa shape index (κ2) is 3.69. The van der Waals surface area contributed by atoms with Crippen LogP contribution >= 0.6 is 0 Å². The summed E-state index contributed by atoms with van der Waals surface area (Å²) in [5.41, 5.74) is -1.56. The van der Waals surface area contributed by atoms with Crippen LogP contribution in [0.2, 0.25) is 0 Å². The van der Waals surface area contributed by atoms with Gasteiger partial charge in [0.25, 0.3) is 0 Å². The highest BCUT2D eigenvalue weighted by molar-refractivity contribution is 5.70. The van der Waals surface area contributed by atoms with Gasteiger partial charge in [-0.15, -0.1) is 0 Å². The number of hydrogen-bond donors (Lipinski definition) is 1. The lowest BCUT2D eigenvalue weighted by Crippen LogP contribution is -2.11. The van der Waals surface area contributed by atoms with Gasteiger partial charge < -0.3 is 5.11 Å². The molecule has 0 atom stereocenters. The van der Waals surface area contributed by atoms with Gasteiger partial charge in [0.1, 0.15) is 0 Å². The van der Waals surface area contributed by atoms with Gasteiger partial charge in [0.2, 0.25) is 0 Å². The van der Waals surface area contributed by atoms with Gasteiger partial charge in [-0.2, -0.15) is 13.2 Å². The zero-order valence-corrected chi connectivity index (χ0v) is 6.93. The molecule has 0 heterocycles. The third-order valence-electron chi connectivity index (χ3n) is 1.58. The summed E-state index contributed by atoms with van der Waals surface area (Å²) >= 11 is 0. The topological polar surface area (TPSA) is 37.3 Å². The summed E-state index contributed by atoms with van der Waals surface area (Å²) in [6, 6.07) is 2.58. The van der Waals surface area contributed by atoms with Crippen LogP contribution in [-0.4, -0.2) is 11.1 Å². The molecule has 0 aromatic heterocycles. The molecule has 5 heteroatoms. The van der Waals surface area contributed by atoms with Gasteiger partial charge in [-0.3, -0.25) is 4.79 Å². The quantitative estimate of drug-likeness (QED) is 0.804. The van der Waals surface area contributed by atoms with Gasteiger partial charge in [-0.25, -0.2) is 0 Å². The lowest BCUT2D eigenvalue weighted by molar-refractivity contribution is -0.139. The molecule has 0 bridgehead atoms. The molecular weight excluding hydrogens is 197 g/mol. The van der Waals surface area contributed by atoms with E-state index in [-0.39, 0.29) is 0 Å². The van der Waals surface area contributed by atoms with Crippen LogP contribution in [0, 0.1) is 0 Å². The normalized spacial score (nSPS) is 12.4. The van der Waals surface area contributed by atoms with Crippen LogP contribution in [0.25, 0.3) is 0 Å². The van der Waals surface area contributed by atoms with Crippen molar-refractivity contribution < 1.29 is 24.4 Å². The Morgan fingerprint density at radius 2 is 2.14 bits per heavy atom. The van der Waals surface area contributed by atoms with E-state index in [1.165, 1.54) is 0 Å². The SMILES string of the molecule is [2H]c1cccc(C(F)(F)F)c1CC(=O)O. The van der Waals surface area contributed by atoms with Gasteiger partial charge in [-0.05, 0) is 11.6 Å². The number of carbonyl (C=O) groups is 1. The van der Waals surface area contributed by atoms with Gasteiger partial charge in [0.15, 0.2) is 0 Å². The van der Waals surface area contributed by atoms with Crippen LogP contribution < -0.4 is 0 Å². The zero-order valence-electron chi connectivity index (χ0n) is 7.93. The first-order valence-electron chi connectivity index (χ1n) is 4.20. The molecule has 1 aromatic carbocycles. The molecule has 0 saturated carbocycles. The smallest absolute Gasteiger partial charge is 0.416 e. The average Bonchev–Trinajstić information content (AvgIpc) is 2.05. The molecule has 0 amide bonds. The molecule has 0 fully saturated rings. The summed E-state index contributed by atoms with van der Waals surface area (Å²) in [7, 11) is 0. The number of halogens is 3. The summed E-state index contributed by atoms with van der Waals surface area (Å²) in [4.78, 5) is 10.3. The van der Waals surface area contributed by atoms with Crippen LogP contribution in [0.4, 0.5) is 13.2 Å². The van der Waals surface area contributed by atoms with E-state index in [4.69, 9.17) is 6.48 Å². The Bertz CT molecular complexity index is 387. The molecule has 0 radical (unpaired) electrons. The Morgan fingerprint density at radius 3 is 2.64 bits per heavy atom. The van der Waals surface area contributed by atoms with Crippen molar-refractivity contribution in [2.45, 2.75) is 12.6 Å². The highest BCUT2D eigenvalue weighted by Crippen LogP contribution is 2.31. The van der Waals surface area contributed by atoms with Crippen LogP contribution in [0.3, 0.4) is 0 Å². The molecule has 0 unspecified atom stereocenters. The molecule has 76 valence electrons. The Labute approximate surface area is 79.4 Å². The fourth-order valence-corrected chi connectivity index (χ4v) is 1.03. The number of hydrogen-bond acceptors (Lipinski definition) is 1. The maximum absolute atomic E-state index is 12.4. The van der Waals surface area contributed by atoms with Crippen LogP contribution in [0.15, 0.2) is 24.2 Å². The minimum absolute atomic E-state index is 0.410. The van der Waals surface area contributed by atoms with Crippen LogP contribution in [0.1, 0.15) is 12.5 Å². The molecular formula is C9H7F3O2. The Balaban J connectivity index is 3.26. The Hall–Kier alpha value is -1.52. The second-order valence-electron chi connectivity index (χ2n) is 2.63. The molecule has 0 saturated heterocycles. The highest BCUT2D eigenvalue weighted by atomic mass is 19.4. The number of rotatable bonds is 2. The first-order valence-corrected chi connectivity index (χ1v) is 3.70. The van der Waals surface area contributed by atoms with Crippen molar-refractivity contribution in [1.82, 2.24) is 0 Å². The molecule has 0 aliphatic heterocycles.